The molecule has 0 bridgehead atoms. The summed E-state index contributed by atoms with van der Waals surface area (Å²) in [6, 6.07) is 10.8. The van der Waals surface area contributed by atoms with Crippen LogP contribution in [0.3, 0.4) is 0 Å². The van der Waals surface area contributed by atoms with Crippen molar-refractivity contribution in [2.45, 2.75) is 52.6 Å². The summed E-state index contributed by atoms with van der Waals surface area (Å²) >= 11 is 11.1. The minimum Gasteiger partial charge on any atom is -0.490 e. The standard InChI is InChI=1S/C30H31BrClN3O6S/c1-3-39-23-15-18(14-21(31)26(23)41-17-19-10-8-9-12-22(19)32)16-33-35-28(37)27(36)34-29-25(30(38)40-4-2)20-11-6-5-7-13-24(20)42-29/h8-10,12,14-16H,3-7,11,13,17H2,1-2H3,(H,34,36)(H,35,37)/b33-16+. The molecular weight excluding hydrogens is 646 g/mol. The minimum atomic E-state index is -0.978. The van der Waals surface area contributed by atoms with Crippen LogP contribution in [0.2, 0.25) is 5.02 Å². The predicted molar refractivity (Wildman–Crippen MR) is 167 cm³/mol. The molecular formula is C30H31BrClN3O6S. The summed E-state index contributed by atoms with van der Waals surface area (Å²) in [5, 5.41) is 7.45. The topological polar surface area (TPSA) is 115 Å². The number of ether oxygens (including phenoxy) is 3. The van der Waals surface area contributed by atoms with E-state index in [9.17, 15) is 14.4 Å². The van der Waals surface area contributed by atoms with Gasteiger partial charge in [0.05, 0.1) is 29.5 Å². The lowest BCUT2D eigenvalue weighted by molar-refractivity contribution is -0.136. The van der Waals surface area contributed by atoms with Crippen LogP contribution in [0.5, 0.6) is 11.5 Å². The SMILES string of the molecule is CCOC(=O)c1c(NC(=O)C(=O)N/N=C/c2cc(Br)c(OCc3ccccc3Cl)c(OCC)c2)sc2c1CCCCC2. The summed E-state index contributed by atoms with van der Waals surface area (Å²) in [5.74, 6) is -1.46. The third-order valence-corrected chi connectivity index (χ3v) is 8.54. The average Bonchev–Trinajstić information content (AvgIpc) is 3.13. The molecule has 1 aliphatic rings. The van der Waals surface area contributed by atoms with Crippen molar-refractivity contribution in [3.05, 3.63) is 73.0 Å². The van der Waals surface area contributed by atoms with E-state index in [0.717, 1.165) is 48.1 Å². The Morgan fingerprint density at radius 3 is 2.60 bits per heavy atom. The number of aryl methyl sites for hydroxylation is 1. The first-order valence-corrected chi connectivity index (χ1v) is 15.6. The van der Waals surface area contributed by atoms with E-state index in [2.05, 4.69) is 31.8 Å². The molecule has 0 aliphatic heterocycles. The molecule has 0 spiro atoms. The Bertz CT molecular complexity index is 1490. The quantitative estimate of drug-likeness (QED) is 0.0815. The van der Waals surface area contributed by atoms with Crippen LogP contribution in [-0.2, 0) is 33.8 Å². The number of anilines is 1. The van der Waals surface area contributed by atoms with Gasteiger partial charge in [-0.3, -0.25) is 9.59 Å². The normalized spacial score (nSPS) is 12.8. The molecule has 0 unspecified atom stereocenters. The number of halogens is 2. The molecule has 42 heavy (non-hydrogen) atoms. The monoisotopic (exact) mass is 675 g/mol. The molecule has 0 saturated heterocycles. The number of esters is 1. The smallest absolute Gasteiger partial charge is 0.341 e. The van der Waals surface area contributed by atoms with Gasteiger partial charge in [-0.25, -0.2) is 10.2 Å². The zero-order valence-corrected chi connectivity index (χ0v) is 26.4. The van der Waals surface area contributed by atoms with E-state index in [4.69, 9.17) is 25.8 Å². The number of rotatable bonds is 10. The number of carbonyl (C=O) groups is 3. The van der Waals surface area contributed by atoms with Crippen molar-refractivity contribution in [1.29, 1.82) is 0 Å². The summed E-state index contributed by atoms with van der Waals surface area (Å²) in [5.41, 5.74) is 4.90. The molecule has 2 N–H and O–H groups in total. The number of carbonyl (C=O) groups excluding carboxylic acids is 3. The fraction of sp³-hybridized carbons (Fsp3) is 0.333. The number of nitrogens with zero attached hydrogens (tertiary/aromatic N) is 1. The zero-order valence-electron chi connectivity index (χ0n) is 23.3. The summed E-state index contributed by atoms with van der Waals surface area (Å²) in [7, 11) is 0. The van der Waals surface area contributed by atoms with Gasteiger partial charge in [-0.1, -0.05) is 36.2 Å². The van der Waals surface area contributed by atoms with Crippen LogP contribution >= 0.6 is 38.9 Å². The van der Waals surface area contributed by atoms with Gasteiger partial charge in [0.2, 0.25) is 0 Å². The van der Waals surface area contributed by atoms with Crippen LogP contribution in [0.1, 0.15) is 65.0 Å². The number of hydrogen-bond donors (Lipinski definition) is 2. The van der Waals surface area contributed by atoms with Gasteiger partial charge in [0, 0.05) is 15.5 Å². The first-order valence-electron chi connectivity index (χ1n) is 13.6. The van der Waals surface area contributed by atoms with E-state index >= 15 is 0 Å². The molecule has 1 heterocycles. The first-order chi connectivity index (χ1) is 20.3. The lowest BCUT2D eigenvalue weighted by atomic mass is 10.1. The maximum Gasteiger partial charge on any atom is 0.341 e. The number of thiophene rings is 1. The van der Waals surface area contributed by atoms with Crippen molar-refractivity contribution in [3.8, 4) is 11.5 Å². The summed E-state index contributed by atoms with van der Waals surface area (Å²) in [6.07, 6.45) is 5.97. The van der Waals surface area contributed by atoms with Crippen LogP contribution in [-0.4, -0.2) is 37.2 Å². The molecule has 4 rings (SSSR count). The zero-order chi connectivity index (χ0) is 30.1. The highest BCUT2D eigenvalue weighted by Crippen LogP contribution is 2.39. The maximum absolute atomic E-state index is 12.7. The van der Waals surface area contributed by atoms with Crippen molar-refractivity contribution >= 4 is 67.9 Å². The Labute approximate surface area is 261 Å². The van der Waals surface area contributed by atoms with E-state index < -0.39 is 17.8 Å². The molecule has 222 valence electrons. The van der Waals surface area contributed by atoms with Gasteiger partial charge in [0.15, 0.2) is 11.5 Å². The Balaban J connectivity index is 1.43. The second-order valence-corrected chi connectivity index (χ2v) is 11.7. The Morgan fingerprint density at radius 1 is 1.05 bits per heavy atom. The van der Waals surface area contributed by atoms with Crippen molar-refractivity contribution < 1.29 is 28.6 Å². The summed E-state index contributed by atoms with van der Waals surface area (Å²) in [4.78, 5) is 39.1. The van der Waals surface area contributed by atoms with E-state index in [0.29, 0.717) is 43.7 Å². The van der Waals surface area contributed by atoms with Gasteiger partial charge in [-0.2, -0.15) is 5.10 Å². The summed E-state index contributed by atoms with van der Waals surface area (Å²) < 4.78 is 17.6. The highest BCUT2D eigenvalue weighted by Gasteiger charge is 2.28. The number of fused-ring (bicyclic) bond motifs is 1. The van der Waals surface area contributed by atoms with Crippen molar-refractivity contribution in [3.63, 3.8) is 0 Å². The van der Waals surface area contributed by atoms with Crippen LogP contribution < -0.4 is 20.2 Å². The van der Waals surface area contributed by atoms with E-state index in [1.54, 1.807) is 25.1 Å². The second kappa shape index (κ2) is 15.2. The number of benzene rings is 2. The van der Waals surface area contributed by atoms with Gasteiger partial charge < -0.3 is 19.5 Å². The molecule has 1 aromatic heterocycles. The van der Waals surface area contributed by atoms with E-state index in [1.807, 2.05) is 25.1 Å². The van der Waals surface area contributed by atoms with Crippen molar-refractivity contribution in [2.75, 3.05) is 18.5 Å². The third-order valence-electron chi connectivity index (χ3n) is 6.38. The van der Waals surface area contributed by atoms with Gasteiger partial charge in [0.1, 0.15) is 11.6 Å². The lowest BCUT2D eigenvalue weighted by Crippen LogP contribution is -2.32. The Morgan fingerprint density at radius 2 is 1.83 bits per heavy atom. The van der Waals surface area contributed by atoms with Gasteiger partial charge in [-0.05, 0) is 84.8 Å². The molecule has 12 heteroatoms. The number of amides is 2. The number of hydrazone groups is 1. The second-order valence-electron chi connectivity index (χ2n) is 9.29. The van der Waals surface area contributed by atoms with Gasteiger partial charge >= 0.3 is 17.8 Å². The van der Waals surface area contributed by atoms with Crippen LogP contribution in [0, 0.1) is 0 Å². The molecule has 0 atom stereocenters. The predicted octanol–water partition coefficient (Wildman–Crippen LogP) is 6.68. The molecule has 0 fully saturated rings. The molecule has 0 radical (unpaired) electrons. The fourth-order valence-electron chi connectivity index (χ4n) is 4.46. The third kappa shape index (κ3) is 7.90. The molecule has 2 aromatic carbocycles. The van der Waals surface area contributed by atoms with Crippen LogP contribution in [0.25, 0.3) is 0 Å². The first kappa shape index (κ1) is 31.5. The number of nitrogens with one attached hydrogen (secondary N) is 2. The lowest BCUT2D eigenvalue weighted by Gasteiger charge is -2.15. The highest BCUT2D eigenvalue weighted by molar-refractivity contribution is 9.10. The highest BCUT2D eigenvalue weighted by atomic mass is 79.9. The van der Waals surface area contributed by atoms with Crippen molar-refractivity contribution in [1.82, 2.24) is 5.43 Å². The van der Waals surface area contributed by atoms with Gasteiger partial charge in [0.25, 0.3) is 0 Å². The summed E-state index contributed by atoms with van der Waals surface area (Å²) in [6.45, 7) is 4.42. The van der Waals surface area contributed by atoms with Crippen molar-refractivity contribution in [2.24, 2.45) is 5.10 Å². The Kier molecular flexibility index (Phi) is 11.4. The molecule has 9 nitrogen and oxygen atoms in total. The van der Waals surface area contributed by atoms with E-state index in [-0.39, 0.29) is 13.2 Å². The molecule has 1 aliphatic carbocycles. The number of hydrogen-bond acceptors (Lipinski definition) is 8. The largest absolute Gasteiger partial charge is 0.490 e. The minimum absolute atomic E-state index is 0.210. The molecule has 0 saturated carbocycles. The average molecular weight is 677 g/mol. The maximum atomic E-state index is 12.7. The molecule has 3 aromatic rings. The van der Waals surface area contributed by atoms with Gasteiger partial charge in [-0.15, -0.1) is 11.3 Å². The van der Waals surface area contributed by atoms with E-state index in [1.165, 1.54) is 17.6 Å². The van der Waals surface area contributed by atoms with Crippen LogP contribution in [0.15, 0.2) is 46.0 Å². The Hall–Kier alpha value is -3.41. The molecule has 2 amide bonds. The van der Waals surface area contributed by atoms with Crippen LogP contribution in [0.4, 0.5) is 5.00 Å². The fourth-order valence-corrected chi connectivity index (χ4v) is 6.49.